The largest absolute Gasteiger partial charge is 0.481 e. The van der Waals surface area contributed by atoms with Gasteiger partial charge in [0.15, 0.2) is 0 Å². The van der Waals surface area contributed by atoms with Gasteiger partial charge in [0.1, 0.15) is 6.04 Å². The third kappa shape index (κ3) is 3.26. The first-order valence-corrected chi connectivity index (χ1v) is 8.59. The second-order valence-corrected chi connectivity index (χ2v) is 6.36. The number of hydrogen-bond acceptors (Lipinski definition) is 5. The third-order valence-electron chi connectivity index (χ3n) is 4.53. The minimum Gasteiger partial charge on any atom is -0.481 e. The van der Waals surface area contributed by atoms with Crippen LogP contribution in [-0.4, -0.2) is 45.1 Å². The number of carbonyl (C=O) groups excluding carboxylic acids is 2. The van der Waals surface area contributed by atoms with E-state index in [0.717, 1.165) is 5.56 Å². The lowest BCUT2D eigenvalue weighted by Crippen LogP contribution is -2.31. The van der Waals surface area contributed by atoms with Crippen LogP contribution in [0, 0.1) is 6.92 Å². The van der Waals surface area contributed by atoms with E-state index in [-0.39, 0.29) is 18.4 Å². The number of rotatable bonds is 6. The van der Waals surface area contributed by atoms with Gasteiger partial charge in [0.05, 0.1) is 31.1 Å². The number of amides is 2. The lowest BCUT2D eigenvalue weighted by Gasteiger charge is -2.14. The highest BCUT2D eigenvalue weighted by atomic mass is 16.5. The van der Waals surface area contributed by atoms with Crippen molar-refractivity contribution in [3.63, 3.8) is 0 Å². The lowest BCUT2D eigenvalue weighted by atomic mass is 10.1. The molecule has 0 aliphatic carbocycles. The van der Waals surface area contributed by atoms with Crippen LogP contribution in [0.1, 0.15) is 47.1 Å². The highest BCUT2D eigenvalue weighted by molar-refractivity contribution is 5.98. The van der Waals surface area contributed by atoms with Gasteiger partial charge in [-0.2, -0.15) is 5.10 Å². The zero-order valence-electron chi connectivity index (χ0n) is 15.4. The summed E-state index contributed by atoms with van der Waals surface area (Å²) in [6, 6.07) is 1.33. The van der Waals surface area contributed by atoms with Crippen LogP contribution < -0.4 is 10.1 Å². The van der Waals surface area contributed by atoms with Crippen molar-refractivity contribution in [2.45, 2.75) is 39.9 Å². The second-order valence-electron chi connectivity index (χ2n) is 6.36. The Bertz CT molecular complexity index is 845. The Hall–Kier alpha value is -2.90. The van der Waals surface area contributed by atoms with Gasteiger partial charge in [0.25, 0.3) is 5.91 Å². The SMILES string of the molecule is CCN1Cc2nc(OC)c(CNC(=O)[C@H](C)n3cc(C)cn3)cc2C1=O. The van der Waals surface area contributed by atoms with Gasteiger partial charge in [-0.3, -0.25) is 14.3 Å². The number of methoxy groups -OCH3 is 1. The first kappa shape index (κ1) is 17.9. The van der Waals surface area contributed by atoms with Crippen molar-refractivity contribution >= 4 is 11.8 Å². The van der Waals surface area contributed by atoms with Crippen LogP contribution in [0.25, 0.3) is 0 Å². The lowest BCUT2D eigenvalue weighted by molar-refractivity contribution is -0.124. The summed E-state index contributed by atoms with van der Waals surface area (Å²) in [7, 11) is 1.53. The molecule has 2 aromatic rings. The number of aryl methyl sites for hydroxylation is 1. The minimum absolute atomic E-state index is 0.0365. The van der Waals surface area contributed by atoms with Crippen molar-refractivity contribution < 1.29 is 14.3 Å². The molecule has 1 aliphatic heterocycles. The van der Waals surface area contributed by atoms with Crippen LogP contribution in [0.2, 0.25) is 0 Å². The van der Waals surface area contributed by atoms with Crippen LogP contribution in [-0.2, 0) is 17.9 Å². The summed E-state index contributed by atoms with van der Waals surface area (Å²) >= 11 is 0. The van der Waals surface area contributed by atoms with E-state index in [9.17, 15) is 9.59 Å². The maximum Gasteiger partial charge on any atom is 0.256 e. The smallest absolute Gasteiger partial charge is 0.256 e. The van der Waals surface area contributed by atoms with E-state index >= 15 is 0 Å². The molecule has 0 spiro atoms. The van der Waals surface area contributed by atoms with Crippen LogP contribution in [0.15, 0.2) is 18.5 Å². The number of fused-ring (bicyclic) bond motifs is 1. The summed E-state index contributed by atoms with van der Waals surface area (Å²) in [5.41, 5.74) is 2.96. The highest BCUT2D eigenvalue weighted by Gasteiger charge is 2.29. The summed E-state index contributed by atoms with van der Waals surface area (Å²) in [4.78, 5) is 30.9. The van der Waals surface area contributed by atoms with Gasteiger partial charge in [-0.15, -0.1) is 0 Å². The second kappa shape index (κ2) is 7.15. The summed E-state index contributed by atoms with van der Waals surface area (Å²) in [6.07, 6.45) is 3.53. The molecule has 0 aromatic carbocycles. The van der Waals surface area contributed by atoms with E-state index in [0.29, 0.717) is 35.8 Å². The molecule has 1 aliphatic rings. The Morgan fingerprint density at radius 3 is 2.85 bits per heavy atom. The average Bonchev–Trinajstić information content (AvgIpc) is 3.21. The van der Waals surface area contributed by atoms with Gasteiger partial charge in [0, 0.05) is 24.8 Å². The molecular weight excluding hydrogens is 334 g/mol. The molecule has 3 rings (SSSR count). The predicted molar refractivity (Wildman–Crippen MR) is 94.7 cm³/mol. The highest BCUT2D eigenvalue weighted by Crippen LogP contribution is 2.27. The van der Waals surface area contributed by atoms with Crippen LogP contribution in [0.3, 0.4) is 0 Å². The van der Waals surface area contributed by atoms with Crippen molar-refractivity contribution in [1.29, 1.82) is 0 Å². The van der Waals surface area contributed by atoms with E-state index in [1.807, 2.05) is 20.0 Å². The van der Waals surface area contributed by atoms with Gasteiger partial charge in [-0.05, 0) is 32.4 Å². The van der Waals surface area contributed by atoms with E-state index in [1.165, 1.54) is 7.11 Å². The van der Waals surface area contributed by atoms with Crippen molar-refractivity contribution in [3.05, 3.63) is 40.8 Å². The van der Waals surface area contributed by atoms with E-state index in [1.54, 1.807) is 28.8 Å². The molecule has 8 heteroatoms. The normalized spacial score (nSPS) is 14.3. The first-order valence-electron chi connectivity index (χ1n) is 8.59. The number of hydrogen-bond donors (Lipinski definition) is 1. The monoisotopic (exact) mass is 357 g/mol. The number of nitrogens with one attached hydrogen (secondary N) is 1. The molecule has 1 atom stereocenters. The Kier molecular flexibility index (Phi) is 4.92. The van der Waals surface area contributed by atoms with Crippen molar-refractivity contribution in [2.24, 2.45) is 0 Å². The van der Waals surface area contributed by atoms with Crippen LogP contribution in [0.5, 0.6) is 5.88 Å². The molecule has 0 bridgehead atoms. The summed E-state index contributed by atoms with van der Waals surface area (Å²) in [6.45, 7) is 6.98. The van der Waals surface area contributed by atoms with Crippen molar-refractivity contribution in [2.75, 3.05) is 13.7 Å². The van der Waals surface area contributed by atoms with E-state index < -0.39 is 6.04 Å². The van der Waals surface area contributed by atoms with Crippen LogP contribution >= 0.6 is 0 Å². The van der Waals surface area contributed by atoms with Gasteiger partial charge in [-0.1, -0.05) is 0 Å². The fourth-order valence-corrected chi connectivity index (χ4v) is 2.96. The first-order chi connectivity index (χ1) is 12.4. The molecule has 138 valence electrons. The minimum atomic E-state index is -0.436. The number of pyridine rings is 1. The maximum absolute atomic E-state index is 12.4. The fourth-order valence-electron chi connectivity index (χ4n) is 2.96. The van der Waals surface area contributed by atoms with E-state index in [4.69, 9.17) is 4.74 Å². The zero-order valence-corrected chi connectivity index (χ0v) is 15.4. The number of nitrogens with zero attached hydrogens (tertiary/aromatic N) is 4. The average molecular weight is 357 g/mol. The maximum atomic E-state index is 12.4. The molecule has 8 nitrogen and oxygen atoms in total. The van der Waals surface area contributed by atoms with Crippen molar-refractivity contribution in [3.8, 4) is 5.88 Å². The topological polar surface area (TPSA) is 89.3 Å². The molecule has 0 saturated heterocycles. The van der Waals surface area contributed by atoms with Gasteiger partial charge in [0.2, 0.25) is 11.8 Å². The molecule has 26 heavy (non-hydrogen) atoms. The van der Waals surface area contributed by atoms with Crippen LogP contribution in [0.4, 0.5) is 0 Å². The molecule has 0 fully saturated rings. The standard InChI is InChI=1S/C18H23N5O3/c1-5-22-10-15-14(18(22)25)6-13(17(21-15)26-4)8-19-16(24)12(3)23-9-11(2)7-20-23/h6-7,9,12H,5,8,10H2,1-4H3,(H,19,24)/t12-/m0/s1. The predicted octanol–water partition coefficient (Wildman–Crippen LogP) is 1.45. The molecule has 1 N–H and O–H groups in total. The Morgan fingerprint density at radius 2 is 2.23 bits per heavy atom. The molecule has 2 amide bonds. The molecule has 0 radical (unpaired) electrons. The number of ether oxygens (including phenoxy) is 1. The number of carbonyl (C=O) groups is 2. The fraction of sp³-hybridized carbons (Fsp3) is 0.444. The molecule has 2 aromatic heterocycles. The molecule has 3 heterocycles. The van der Waals surface area contributed by atoms with E-state index in [2.05, 4.69) is 15.4 Å². The molecule has 0 unspecified atom stereocenters. The quantitative estimate of drug-likeness (QED) is 0.845. The van der Waals surface area contributed by atoms with Gasteiger partial charge in [-0.25, -0.2) is 4.98 Å². The third-order valence-corrected chi connectivity index (χ3v) is 4.53. The van der Waals surface area contributed by atoms with Crippen molar-refractivity contribution in [1.82, 2.24) is 25.0 Å². The van der Waals surface area contributed by atoms with Gasteiger partial charge >= 0.3 is 0 Å². The summed E-state index contributed by atoms with van der Waals surface area (Å²) in [5.74, 6) is 0.222. The number of aromatic nitrogens is 3. The molecule has 0 saturated carbocycles. The Balaban J connectivity index is 1.75. The Morgan fingerprint density at radius 1 is 1.46 bits per heavy atom. The molecular formula is C18H23N5O3. The summed E-state index contributed by atoms with van der Waals surface area (Å²) < 4.78 is 6.96. The summed E-state index contributed by atoms with van der Waals surface area (Å²) in [5, 5.41) is 7.04. The Labute approximate surface area is 152 Å². The zero-order chi connectivity index (χ0) is 18.8. The van der Waals surface area contributed by atoms with Gasteiger partial charge < -0.3 is 15.0 Å².